The molecular weight excluding hydrogens is 444 g/mol. The Labute approximate surface area is 206 Å². The van der Waals surface area contributed by atoms with E-state index in [1.165, 1.54) is 22.3 Å². The zero-order valence-electron chi connectivity index (χ0n) is 20.0. The van der Waals surface area contributed by atoms with Crippen LogP contribution in [0.2, 0.25) is 0 Å². The molecule has 1 saturated carbocycles. The largest absolute Gasteiger partial charge is 0.481 e. The average molecular weight is 479 g/mol. The van der Waals surface area contributed by atoms with Gasteiger partial charge in [0.2, 0.25) is 5.91 Å². The number of unbranched alkanes of at least 4 members (excludes halogenated alkanes) is 2. The van der Waals surface area contributed by atoms with Gasteiger partial charge in [0.1, 0.15) is 6.61 Å². The first-order valence-corrected chi connectivity index (χ1v) is 12.6. The van der Waals surface area contributed by atoms with E-state index < -0.39 is 12.1 Å². The Morgan fingerprint density at radius 3 is 2.29 bits per heavy atom. The van der Waals surface area contributed by atoms with Crippen molar-refractivity contribution in [3.8, 4) is 11.1 Å². The molecule has 2 aromatic carbocycles. The van der Waals surface area contributed by atoms with Crippen molar-refractivity contribution in [3.63, 3.8) is 0 Å². The number of alkyl carbamates (subject to hydrolysis) is 1. The number of aliphatic carboxylic acids is 1. The number of nitrogens with one attached hydrogen (secondary N) is 2. The van der Waals surface area contributed by atoms with Crippen molar-refractivity contribution in [1.29, 1.82) is 0 Å². The number of amides is 2. The van der Waals surface area contributed by atoms with Crippen molar-refractivity contribution in [1.82, 2.24) is 10.6 Å². The van der Waals surface area contributed by atoms with E-state index in [1.807, 2.05) is 24.3 Å². The first-order valence-electron chi connectivity index (χ1n) is 12.6. The summed E-state index contributed by atoms with van der Waals surface area (Å²) in [4.78, 5) is 35.5. The van der Waals surface area contributed by atoms with E-state index in [9.17, 15) is 14.4 Å². The fourth-order valence-electron chi connectivity index (χ4n) is 5.27. The van der Waals surface area contributed by atoms with Crippen molar-refractivity contribution in [2.24, 2.45) is 5.92 Å². The highest BCUT2D eigenvalue weighted by atomic mass is 16.5. The van der Waals surface area contributed by atoms with Gasteiger partial charge in [-0.25, -0.2) is 4.79 Å². The third-order valence-electron chi connectivity index (χ3n) is 7.08. The van der Waals surface area contributed by atoms with Gasteiger partial charge < -0.3 is 20.5 Å². The zero-order chi connectivity index (χ0) is 24.6. The van der Waals surface area contributed by atoms with Gasteiger partial charge in [0, 0.05) is 24.9 Å². The van der Waals surface area contributed by atoms with Crippen molar-refractivity contribution < 1.29 is 24.2 Å². The van der Waals surface area contributed by atoms with Crippen LogP contribution >= 0.6 is 0 Å². The molecule has 0 saturated heterocycles. The van der Waals surface area contributed by atoms with Gasteiger partial charge in [-0.2, -0.15) is 0 Å². The maximum Gasteiger partial charge on any atom is 0.407 e. The summed E-state index contributed by atoms with van der Waals surface area (Å²) in [6.07, 6.45) is 5.20. The van der Waals surface area contributed by atoms with Crippen LogP contribution in [-0.2, 0) is 14.3 Å². The predicted molar refractivity (Wildman–Crippen MR) is 133 cm³/mol. The average Bonchev–Trinajstić information content (AvgIpc) is 3.18. The lowest BCUT2D eigenvalue weighted by atomic mass is 9.86. The summed E-state index contributed by atoms with van der Waals surface area (Å²) < 4.78 is 5.54. The molecule has 7 heteroatoms. The lowest BCUT2D eigenvalue weighted by Gasteiger charge is -2.27. The van der Waals surface area contributed by atoms with Crippen LogP contribution in [0.25, 0.3) is 11.1 Å². The lowest BCUT2D eigenvalue weighted by molar-refractivity contribution is -0.143. The van der Waals surface area contributed by atoms with Crippen molar-refractivity contribution in [2.75, 3.05) is 13.2 Å². The van der Waals surface area contributed by atoms with Gasteiger partial charge in [-0.15, -0.1) is 0 Å². The monoisotopic (exact) mass is 478 g/mol. The summed E-state index contributed by atoms with van der Waals surface area (Å²) in [5.41, 5.74) is 4.77. The number of rotatable bonds is 10. The number of carboxylic acid groups (broad SMARTS) is 1. The Morgan fingerprint density at radius 2 is 1.60 bits per heavy atom. The fourth-order valence-corrected chi connectivity index (χ4v) is 5.27. The number of benzene rings is 2. The number of fused-ring (bicyclic) bond motifs is 3. The molecule has 35 heavy (non-hydrogen) atoms. The second kappa shape index (κ2) is 11.9. The standard InChI is InChI=1S/C28H34N2O5/c31-26(30-20-10-8-9-19(17-20)27(32)33)15-2-1-7-16-29-28(34)35-18-25-23-13-5-3-11-21(23)22-12-4-6-14-24(22)25/h3-6,11-14,19-20,25H,1-2,7-10,15-18H2,(H,29,34)(H,30,31)(H,32,33)/t19-,20-/m1/s1. The molecule has 0 aromatic heterocycles. The van der Waals surface area contributed by atoms with E-state index in [-0.39, 0.29) is 23.8 Å². The molecule has 2 aromatic rings. The molecule has 0 unspecified atom stereocenters. The molecule has 0 spiro atoms. The van der Waals surface area contributed by atoms with Gasteiger partial charge in [-0.05, 0) is 54.4 Å². The number of carboxylic acids is 1. The number of ether oxygens (including phenoxy) is 1. The van der Waals surface area contributed by atoms with Gasteiger partial charge in [-0.3, -0.25) is 9.59 Å². The second-order valence-corrected chi connectivity index (χ2v) is 9.53. The number of hydrogen-bond acceptors (Lipinski definition) is 4. The third kappa shape index (κ3) is 6.41. The van der Waals surface area contributed by atoms with Crippen LogP contribution in [0.3, 0.4) is 0 Å². The van der Waals surface area contributed by atoms with Crippen LogP contribution in [0, 0.1) is 5.92 Å². The molecular formula is C28H34N2O5. The van der Waals surface area contributed by atoms with Crippen LogP contribution in [0.4, 0.5) is 4.79 Å². The van der Waals surface area contributed by atoms with Crippen LogP contribution in [0.5, 0.6) is 0 Å². The molecule has 2 amide bonds. The van der Waals surface area contributed by atoms with Crippen LogP contribution in [0.15, 0.2) is 48.5 Å². The maximum absolute atomic E-state index is 12.2. The summed E-state index contributed by atoms with van der Waals surface area (Å²) in [6, 6.07) is 16.5. The van der Waals surface area contributed by atoms with E-state index in [0.29, 0.717) is 32.4 Å². The van der Waals surface area contributed by atoms with Gasteiger partial charge in [0.15, 0.2) is 0 Å². The second-order valence-electron chi connectivity index (χ2n) is 9.53. The van der Waals surface area contributed by atoms with E-state index in [2.05, 4.69) is 34.9 Å². The Hall–Kier alpha value is -3.35. The summed E-state index contributed by atoms with van der Waals surface area (Å²) in [7, 11) is 0. The minimum atomic E-state index is -0.771. The minimum absolute atomic E-state index is 0.0227. The first-order chi connectivity index (χ1) is 17.0. The molecule has 0 radical (unpaired) electrons. The molecule has 7 nitrogen and oxygen atoms in total. The molecule has 186 valence electrons. The Balaban J connectivity index is 1.10. The maximum atomic E-state index is 12.2. The first kappa shape index (κ1) is 24.8. The van der Waals surface area contributed by atoms with E-state index in [0.717, 1.165) is 32.1 Å². The van der Waals surface area contributed by atoms with Gasteiger partial charge in [-0.1, -0.05) is 61.4 Å². The summed E-state index contributed by atoms with van der Waals surface area (Å²) in [6.45, 7) is 0.797. The lowest BCUT2D eigenvalue weighted by Crippen LogP contribution is -2.39. The van der Waals surface area contributed by atoms with E-state index >= 15 is 0 Å². The molecule has 2 atom stereocenters. The zero-order valence-corrected chi connectivity index (χ0v) is 20.0. The normalized spacial score (nSPS) is 18.9. The molecule has 2 aliphatic rings. The minimum Gasteiger partial charge on any atom is -0.481 e. The van der Waals surface area contributed by atoms with Crippen LogP contribution in [-0.4, -0.2) is 42.3 Å². The molecule has 2 aliphatic carbocycles. The number of carbonyl (C=O) groups is 3. The summed E-state index contributed by atoms with van der Waals surface area (Å²) >= 11 is 0. The van der Waals surface area contributed by atoms with Crippen LogP contribution < -0.4 is 10.6 Å². The van der Waals surface area contributed by atoms with Crippen LogP contribution in [0.1, 0.15) is 68.4 Å². The molecule has 0 aliphatic heterocycles. The Kier molecular flexibility index (Phi) is 8.40. The van der Waals surface area contributed by atoms with Crippen molar-refractivity contribution >= 4 is 18.0 Å². The predicted octanol–water partition coefficient (Wildman–Crippen LogP) is 4.85. The Bertz CT molecular complexity index is 1010. The number of hydrogen-bond donors (Lipinski definition) is 3. The Morgan fingerprint density at radius 1 is 0.914 bits per heavy atom. The van der Waals surface area contributed by atoms with Crippen molar-refractivity contribution in [2.45, 2.75) is 63.3 Å². The summed E-state index contributed by atoms with van der Waals surface area (Å²) in [5.74, 6) is -1.10. The van der Waals surface area contributed by atoms with Gasteiger partial charge in [0.25, 0.3) is 0 Å². The smallest absolute Gasteiger partial charge is 0.407 e. The molecule has 1 fully saturated rings. The highest BCUT2D eigenvalue weighted by Crippen LogP contribution is 2.44. The highest BCUT2D eigenvalue weighted by molar-refractivity contribution is 5.79. The van der Waals surface area contributed by atoms with E-state index in [1.54, 1.807) is 0 Å². The van der Waals surface area contributed by atoms with Gasteiger partial charge >= 0.3 is 12.1 Å². The molecule has 0 bridgehead atoms. The van der Waals surface area contributed by atoms with Crippen molar-refractivity contribution in [3.05, 3.63) is 59.7 Å². The highest BCUT2D eigenvalue weighted by Gasteiger charge is 2.29. The molecule has 0 heterocycles. The number of carbonyl (C=O) groups excluding carboxylic acids is 2. The summed E-state index contributed by atoms with van der Waals surface area (Å²) in [5, 5.41) is 15.0. The SMILES string of the molecule is O=C(CCCCCNC(=O)OCC1c2ccccc2-c2ccccc21)N[C@@H]1CCC[C@@H](C(=O)O)C1. The van der Waals surface area contributed by atoms with E-state index in [4.69, 9.17) is 9.84 Å². The quantitative estimate of drug-likeness (QED) is 0.424. The molecule has 4 rings (SSSR count). The topological polar surface area (TPSA) is 105 Å². The van der Waals surface area contributed by atoms with Gasteiger partial charge in [0.05, 0.1) is 5.92 Å². The third-order valence-corrected chi connectivity index (χ3v) is 7.08. The molecule has 3 N–H and O–H groups in total. The fraction of sp³-hybridized carbons (Fsp3) is 0.464.